The second-order valence-corrected chi connectivity index (χ2v) is 7.11. The Morgan fingerprint density at radius 3 is 2.85 bits per heavy atom. The summed E-state index contributed by atoms with van der Waals surface area (Å²) in [4.78, 5) is 17.0. The van der Waals surface area contributed by atoms with Crippen molar-refractivity contribution in [3.63, 3.8) is 0 Å². The van der Waals surface area contributed by atoms with E-state index in [0.717, 1.165) is 43.5 Å². The quantitative estimate of drug-likeness (QED) is 0.727. The molecule has 2 N–H and O–H groups in total. The minimum Gasteiger partial charge on any atom is -0.313 e. The topological polar surface area (TPSA) is 62.7 Å². The smallest absolute Gasteiger partial charge is 0.276 e. The summed E-state index contributed by atoms with van der Waals surface area (Å²) >= 11 is 5.88. The second kappa shape index (κ2) is 7.48. The van der Waals surface area contributed by atoms with Crippen LogP contribution in [0, 0.1) is 0 Å². The molecule has 1 unspecified atom stereocenters. The zero-order chi connectivity index (χ0) is 17.9. The molecule has 1 aliphatic rings. The van der Waals surface area contributed by atoms with E-state index in [9.17, 15) is 4.79 Å². The summed E-state index contributed by atoms with van der Waals surface area (Å²) in [6.45, 7) is 0.918. The first kappa shape index (κ1) is 17.1. The largest absolute Gasteiger partial charge is 0.313 e. The van der Waals surface area contributed by atoms with Gasteiger partial charge in [0.1, 0.15) is 0 Å². The molecule has 2 aromatic heterocycles. The van der Waals surface area contributed by atoms with E-state index < -0.39 is 0 Å². The van der Waals surface area contributed by atoms with Gasteiger partial charge in [-0.15, -0.1) is 0 Å². The van der Waals surface area contributed by atoms with Gasteiger partial charge in [0.25, 0.3) is 5.56 Å². The molecule has 0 bridgehead atoms. The molecule has 2 heterocycles. The molecule has 1 aromatic carbocycles. The van der Waals surface area contributed by atoms with Gasteiger partial charge in [0.15, 0.2) is 5.82 Å². The van der Waals surface area contributed by atoms with Crippen molar-refractivity contribution in [3.8, 4) is 5.82 Å². The molecule has 0 saturated carbocycles. The third-order valence-corrected chi connectivity index (χ3v) is 5.12. The molecule has 0 fully saturated rings. The third-order valence-electron chi connectivity index (χ3n) is 4.90. The lowest BCUT2D eigenvalue weighted by Gasteiger charge is -2.22. The van der Waals surface area contributed by atoms with Gasteiger partial charge in [-0.3, -0.25) is 9.89 Å². The molecule has 0 radical (unpaired) electrons. The summed E-state index contributed by atoms with van der Waals surface area (Å²) in [5, 5.41) is 7.37. The number of aromatic amines is 1. The maximum absolute atomic E-state index is 12.8. The number of halogens is 1. The van der Waals surface area contributed by atoms with Crippen LogP contribution in [0.25, 0.3) is 5.82 Å². The summed E-state index contributed by atoms with van der Waals surface area (Å²) in [7, 11) is 0. The minimum atomic E-state index is -0.00983. The zero-order valence-electron chi connectivity index (χ0n) is 14.4. The third kappa shape index (κ3) is 3.59. The van der Waals surface area contributed by atoms with Crippen molar-refractivity contribution in [2.24, 2.45) is 0 Å². The molecule has 6 heteroatoms. The van der Waals surface area contributed by atoms with E-state index in [1.807, 2.05) is 6.07 Å². The van der Waals surface area contributed by atoms with E-state index in [0.29, 0.717) is 16.9 Å². The van der Waals surface area contributed by atoms with Gasteiger partial charge in [0.2, 0.25) is 0 Å². The summed E-state index contributed by atoms with van der Waals surface area (Å²) in [5.74, 6) is 0.572. The van der Waals surface area contributed by atoms with Crippen molar-refractivity contribution in [2.75, 3.05) is 6.54 Å². The van der Waals surface area contributed by atoms with Gasteiger partial charge in [0, 0.05) is 23.5 Å². The predicted octanol–water partition coefficient (Wildman–Crippen LogP) is 2.90. The Bertz CT molecular complexity index is 931. The highest BCUT2D eigenvalue weighted by atomic mass is 35.5. The first-order chi connectivity index (χ1) is 12.7. The van der Waals surface area contributed by atoms with Crippen LogP contribution in [0.2, 0.25) is 5.02 Å². The lowest BCUT2D eigenvalue weighted by atomic mass is 9.93. The average molecular weight is 369 g/mol. The molecule has 3 aromatic rings. The molecular weight excluding hydrogens is 348 g/mol. The lowest BCUT2D eigenvalue weighted by Crippen LogP contribution is -2.37. The summed E-state index contributed by atoms with van der Waals surface area (Å²) in [6.07, 6.45) is 5.19. The van der Waals surface area contributed by atoms with Crippen LogP contribution < -0.4 is 10.9 Å². The van der Waals surface area contributed by atoms with Gasteiger partial charge in [-0.2, -0.15) is 0 Å². The van der Waals surface area contributed by atoms with Gasteiger partial charge in [-0.1, -0.05) is 41.9 Å². The molecule has 1 aliphatic carbocycles. The maximum atomic E-state index is 12.8. The van der Waals surface area contributed by atoms with Crippen molar-refractivity contribution < 1.29 is 0 Å². The predicted molar refractivity (Wildman–Crippen MR) is 103 cm³/mol. The number of hydrogen-bond donors (Lipinski definition) is 2. The maximum Gasteiger partial charge on any atom is 0.276 e. The molecule has 1 atom stereocenters. The zero-order valence-corrected chi connectivity index (χ0v) is 15.2. The molecule has 0 aliphatic heterocycles. The number of benzene rings is 1. The highest BCUT2D eigenvalue weighted by molar-refractivity contribution is 6.30. The first-order valence-electron chi connectivity index (χ1n) is 8.93. The second-order valence-electron chi connectivity index (χ2n) is 6.67. The Balaban J connectivity index is 1.43. The SMILES string of the molecule is O=c1c2c([nH]n1-c1ccc(Cl)cn1)CCC(NCCc1ccccc1)C2. The molecule has 0 saturated heterocycles. The lowest BCUT2D eigenvalue weighted by molar-refractivity contribution is 0.458. The fourth-order valence-corrected chi connectivity index (χ4v) is 3.61. The van der Waals surface area contributed by atoms with Gasteiger partial charge >= 0.3 is 0 Å². The molecule has 4 rings (SSSR count). The van der Waals surface area contributed by atoms with E-state index in [1.54, 1.807) is 18.3 Å². The van der Waals surface area contributed by atoms with Crippen molar-refractivity contribution in [1.82, 2.24) is 20.1 Å². The van der Waals surface area contributed by atoms with E-state index in [4.69, 9.17) is 11.6 Å². The number of aromatic nitrogens is 3. The average Bonchev–Trinajstić information content (AvgIpc) is 3.00. The number of H-pyrrole nitrogens is 1. The van der Waals surface area contributed by atoms with Crippen LogP contribution >= 0.6 is 11.6 Å². The number of aryl methyl sites for hydroxylation is 1. The van der Waals surface area contributed by atoms with Crippen LogP contribution in [-0.4, -0.2) is 27.4 Å². The number of nitrogens with one attached hydrogen (secondary N) is 2. The van der Waals surface area contributed by atoms with Crippen LogP contribution in [0.3, 0.4) is 0 Å². The van der Waals surface area contributed by atoms with Crippen LogP contribution in [-0.2, 0) is 19.3 Å². The van der Waals surface area contributed by atoms with Gasteiger partial charge in [-0.05, 0) is 49.9 Å². The van der Waals surface area contributed by atoms with Crippen molar-refractivity contribution in [3.05, 3.63) is 80.9 Å². The van der Waals surface area contributed by atoms with E-state index in [1.165, 1.54) is 10.2 Å². The molecule has 5 nitrogen and oxygen atoms in total. The molecule has 0 amide bonds. The highest BCUT2D eigenvalue weighted by Gasteiger charge is 2.24. The number of hydrogen-bond acceptors (Lipinski definition) is 3. The molecule has 26 heavy (non-hydrogen) atoms. The Morgan fingerprint density at radius 1 is 1.23 bits per heavy atom. The van der Waals surface area contributed by atoms with Crippen molar-refractivity contribution >= 4 is 11.6 Å². The van der Waals surface area contributed by atoms with E-state index in [2.05, 4.69) is 39.7 Å². The van der Waals surface area contributed by atoms with Crippen molar-refractivity contribution in [1.29, 1.82) is 0 Å². The van der Waals surface area contributed by atoms with E-state index in [-0.39, 0.29) is 5.56 Å². The molecule has 0 spiro atoms. The monoisotopic (exact) mass is 368 g/mol. The number of nitrogens with zero attached hydrogens (tertiary/aromatic N) is 2. The van der Waals surface area contributed by atoms with Gasteiger partial charge in [0.05, 0.1) is 5.02 Å². The van der Waals surface area contributed by atoms with Crippen LogP contribution in [0.5, 0.6) is 0 Å². The van der Waals surface area contributed by atoms with E-state index >= 15 is 0 Å². The number of rotatable bonds is 5. The van der Waals surface area contributed by atoms with Gasteiger partial charge < -0.3 is 5.32 Å². The summed E-state index contributed by atoms with van der Waals surface area (Å²) in [6, 6.07) is 14.3. The Hall–Kier alpha value is -2.37. The molecular formula is C20H21ClN4O. The van der Waals surface area contributed by atoms with Crippen LogP contribution in [0.15, 0.2) is 53.5 Å². The van der Waals surface area contributed by atoms with Crippen LogP contribution in [0.4, 0.5) is 0 Å². The summed E-state index contributed by atoms with van der Waals surface area (Å²) in [5.41, 5.74) is 3.21. The fraction of sp³-hybridized carbons (Fsp3) is 0.300. The Morgan fingerprint density at radius 2 is 2.08 bits per heavy atom. The first-order valence-corrected chi connectivity index (χ1v) is 9.30. The Kier molecular flexibility index (Phi) is 4.91. The number of fused-ring (bicyclic) bond motifs is 1. The Labute approximate surface area is 157 Å². The highest BCUT2D eigenvalue weighted by Crippen LogP contribution is 2.18. The van der Waals surface area contributed by atoms with Gasteiger partial charge in [-0.25, -0.2) is 9.67 Å². The molecule has 134 valence electrons. The minimum absolute atomic E-state index is 0.00983. The normalized spacial score (nSPS) is 16.4. The van der Waals surface area contributed by atoms with Crippen molar-refractivity contribution in [2.45, 2.75) is 31.7 Å². The van der Waals surface area contributed by atoms with Crippen LogP contribution in [0.1, 0.15) is 23.2 Å². The number of pyridine rings is 1. The standard InChI is InChI=1S/C20H21ClN4O/c21-15-6-9-19(23-13-15)25-20(26)17-12-16(7-8-18(17)24-25)22-11-10-14-4-2-1-3-5-14/h1-6,9,13,16,22,24H,7-8,10-12H2. The fourth-order valence-electron chi connectivity index (χ4n) is 3.50. The summed E-state index contributed by atoms with van der Waals surface area (Å²) < 4.78 is 1.52.